The Morgan fingerprint density at radius 3 is 2.79 bits per heavy atom. The fourth-order valence-corrected chi connectivity index (χ4v) is 1.37. The number of Topliss-reactive ketones (excluding diaryl/α,β-unsaturated/α-hetero) is 1. The van der Waals surface area contributed by atoms with E-state index in [2.05, 4.69) is 0 Å². The second-order valence-electron chi connectivity index (χ2n) is 3.56. The molecule has 0 aromatic heterocycles. The highest BCUT2D eigenvalue weighted by Gasteiger charge is 2.12. The summed E-state index contributed by atoms with van der Waals surface area (Å²) in [4.78, 5) is 11.4. The highest BCUT2D eigenvalue weighted by atomic mass is 16.3. The fraction of sp³-hybridized carbons (Fsp3) is 0.417. The van der Waals surface area contributed by atoms with Crippen molar-refractivity contribution < 1.29 is 9.90 Å². The molecule has 2 nitrogen and oxygen atoms in total. The predicted molar refractivity (Wildman–Crippen MR) is 56.2 cm³/mol. The van der Waals surface area contributed by atoms with Crippen molar-refractivity contribution >= 4 is 5.78 Å². The molecule has 2 heteroatoms. The minimum Gasteiger partial charge on any atom is -0.385 e. The van der Waals surface area contributed by atoms with Gasteiger partial charge in [-0.3, -0.25) is 4.79 Å². The van der Waals surface area contributed by atoms with Crippen molar-refractivity contribution in [1.29, 1.82) is 0 Å². The number of carbonyl (C=O) groups is 1. The number of hydrogen-bond acceptors (Lipinski definition) is 2. The molecule has 1 aromatic rings. The van der Waals surface area contributed by atoms with E-state index in [0.29, 0.717) is 12.8 Å². The highest BCUT2D eigenvalue weighted by Crippen LogP contribution is 2.07. The molecular weight excluding hydrogens is 176 g/mol. The van der Waals surface area contributed by atoms with Crippen LogP contribution in [0.1, 0.15) is 24.5 Å². The van der Waals surface area contributed by atoms with Gasteiger partial charge in [0.1, 0.15) is 6.10 Å². The second-order valence-corrected chi connectivity index (χ2v) is 3.56. The summed E-state index contributed by atoms with van der Waals surface area (Å²) in [6.07, 6.45) is 0.0111. The van der Waals surface area contributed by atoms with Crippen LogP contribution in [0.3, 0.4) is 0 Å². The van der Waals surface area contributed by atoms with Gasteiger partial charge in [0.15, 0.2) is 5.78 Å². The quantitative estimate of drug-likeness (QED) is 0.790. The van der Waals surface area contributed by atoms with E-state index in [4.69, 9.17) is 0 Å². The van der Waals surface area contributed by atoms with Crippen LogP contribution in [0.25, 0.3) is 0 Å². The van der Waals surface area contributed by atoms with Crippen LogP contribution >= 0.6 is 0 Å². The van der Waals surface area contributed by atoms with Crippen molar-refractivity contribution in [2.45, 2.75) is 32.8 Å². The summed E-state index contributed by atoms with van der Waals surface area (Å²) in [5, 5.41) is 9.31. The third-order valence-corrected chi connectivity index (χ3v) is 2.22. The topological polar surface area (TPSA) is 37.3 Å². The predicted octanol–water partition coefficient (Wildman–Crippen LogP) is 1.88. The molecule has 1 N–H and O–H groups in total. The molecule has 0 heterocycles. The van der Waals surface area contributed by atoms with Gasteiger partial charge in [0.25, 0.3) is 0 Å². The number of aliphatic hydroxyl groups excluding tert-OH is 1. The monoisotopic (exact) mass is 192 g/mol. The molecule has 1 rings (SSSR count). The number of benzene rings is 1. The van der Waals surface area contributed by atoms with E-state index in [1.54, 1.807) is 6.92 Å². The number of aliphatic hydroxyl groups is 1. The van der Waals surface area contributed by atoms with Gasteiger partial charge in [0, 0.05) is 6.42 Å². The van der Waals surface area contributed by atoms with E-state index < -0.39 is 6.10 Å². The maximum atomic E-state index is 11.4. The molecule has 0 spiro atoms. The lowest BCUT2D eigenvalue weighted by molar-refractivity contribution is -0.126. The van der Waals surface area contributed by atoms with Crippen molar-refractivity contribution in [3.05, 3.63) is 35.4 Å². The Bertz CT molecular complexity index is 318. The van der Waals surface area contributed by atoms with Gasteiger partial charge in [0.05, 0.1) is 0 Å². The summed E-state index contributed by atoms with van der Waals surface area (Å²) in [5.41, 5.74) is 2.11. The molecule has 1 unspecified atom stereocenters. The van der Waals surface area contributed by atoms with E-state index in [0.717, 1.165) is 11.1 Å². The lowest BCUT2D eigenvalue weighted by Gasteiger charge is -2.06. The molecule has 14 heavy (non-hydrogen) atoms. The molecule has 0 fully saturated rings. The Hall–Kier alpha value is -1.15. The van der Waals surface area contributed by atoms with Gasteiger partial charge < -0.3 is 5.11 Å². The molecule has 0 aliphatic rings. The fourth-order valence-electron chi connectivity index (χ4n) is 1.37. The average Bonchev–Trinajstić information content (AvgIpc) is 2.16. The van der Waals surface area contributed by atoms with Crippen LogP contribution in [-0.2, 0) is 11.2 Å². The number of aryl methyl sites for hydroxylation is 1. The van der Waals surface area contributed by atoms with E-state index >= 15 is 0 Å². The van der Waals surface area contributed by atoms with Crippen molar-refractivity contribution in [3.8, 4) is 0 Å². The summed E-state index contributed by atoms with van der Waals surface area (Å²) in [6, 6.07) is 7.80. The zero-order valence-corrected chi connectivity index (χ0v) is 8.66. The molecule has 0 aliphatic heterocycles. The molecule has 0 amide bonds. The van der Waals surface area contributed by atoms with Crippen LogP contribution in [-0.4, -0.2) is 17.0 Å². The first kappa shape index (κ1) is 10.9. The van der Waals surface area contributed by atoms with Gasteiger partial charge in [-0.2, -0.15) is 0 Å². The van der Waals surface area contributed by atoms with Crippen LogP contribution in [0.5, 0.6) is 0 Å². The Morgan fingerprint density at radius 1 is 1.50 bits per heavy atom. The minimum absolute atomic E-state index is 0.0990. The zero-order valence-electron chi connectivity index (χ0n) is 8.66. The number of carbonyl (C=O) groups excluding carboxylic acids is 1. The Morgan fingerprint density at radius 2 is 2.21 bits per heavy atom. The molecular formula is C12H16O2. The number of hydrogen-bond donors (Lipinski definition) is 1. The van der Waals surface area contributed by atoms with Gasteiger partial charge in [-0.25, -0.2) is 0 Å². The van der Waals surface area contributed by atoms with Crippen molar-refractivity contribution in [1.82, 2.24) is 0 Å². The Labute approximate surface area is 84.6 Å². The van der Waals surface area contributed by atoms with Crippen LogP contribution in [0.2, 0.25) is 0 Å². The van der Waals surface area contributed by atoms with Crippen molar-refractivity contribution in [2.24, 2.45) is 0 Å². The van der Waals surface area contributed by atoms with Gasteiger partial charge >= 0.3 is 0 Å². The first-order chi connectivity index (χ1) is 6.63. The second kappa shape index (κ2) is 4.91. The first-order valence-corrected chi connectivity index (χ1v) is 4.89. The van der Waals surface area contributed by atoms with Crippen molar-refractivity contribution in [2.75, 3.05) is 0 Å². The standard InChI is InChI=1S/C12H16O2/c1-3-11(13)12(14)8-10-6-4-5-9(2)7-10/h4-7,11,13H,3,8H2,1-2H3. The highest BCUT2D eigenvalue weighted by molar-refractivity contribution is 5.84. The summed E-state index contributed by atoms with van der Waals surface area (Å²) < 4.78 is 0. The summed E-state index contributed by atoms with van der Waals surface area (Å²) >= 11 is 0. The third kappa shape index (κ3) is 2.96. The van der Waals surface area contributed by atoms with Crippen molar-refractivity contribution in [3.63, 3.8) is 0 Å². The molecule has 0 saturated carbocycles. The number of rotatable bonds is 4. The van der Waals surface area contributed by atoms with E-state index in [1.165, 1.54) is 0 Å². The number of ketones is 1. The Kier molecular flexibility index (Phi) is 3.84. The maximum absolute atomic E-state index is 11.4. The normalized spacial score (nSPS) is 12.5. The molecule has 0 saturated heterocycles. The first-order valence-electron chi connectivity index (χ1n) is 4.89. The average molecular weight is 192 g/mol. The zero-order chi connectivity index (χ0) is 10.6. The summed E-state index contributed by atoms with van der Waals surface area (Å²) in [5.74, 6) is -0.0990. The van der Waals surface area contributed by atoms with E-state index in [9.17, 15) is 9.90 Å². The van der Waals surface area contributed by atoms with Gasteiger partial charge in [0.2, 0.25) is 0 Å². The largest absolute Gasteiger partial charge is 0.385 e. The van der Waals surface area contributed by atoms with Gasteiger partial charge in [-0.1, -0.05) is 36.8 Å². The lowest BCUT2D eigenvalue weighted by atomic mass is 10.0. The molecule has 0 bridgehead atoms. The lowest BCUT2D eigenvalue weighted by Crippen LogP contribution is -2.21. The molecule has 1 aromatic carbocycles. The van der Waals surface area contributed by atoms with E-state index in [-0.39, 0.29) is 5.78 Å². The maximum Gasteiger partial charge on any atom is 0.165 e. The van der Waals surface area contributed by atoms with Crippen LogP contribution < -0.4 is 0 Å². The summed E-state index contributed by atoms with van der Waals surface area (Å²) in [7, 11) is 0. The summed E-state index contributed by atoms with van der Waals surface area (Å²) in [6.45, 7) is 3.79. The van der Waals surface area contributed by atoms with Crippen LogP contribution in [0, 0.1) is 6.92 Å². The molecule has 0 aliphatic carbocycles. The SMILES string of the molecule is CCC(O)C(=O)Cc1cccc(C)c1. The molecule has 76 valence electrons. The molecule has 1 atom stereocenters. The molecule has 0 radical (unpaired) electrons. The van der Waals surface area contributed by atoms with Crippen LogP contribution in [0.15, 0.2) is 24.3 Å². The third-order valence-electron chi connectivity index (χ3n) is 2.22. The van der Waals surface area contributed by atoms with E-state index in [1.807, 2.05) is 31.2 Å². The minimum atomic E-state index is -0.810. The smallest absolute Gasteiger partial charge is 0.165 e. The van der Waals surface area contributed by atoms with Gasteiger partial charge in [-0.05, 0) is 18.9 Å². The van der Waals surface area contributed by atoms with Gasteiger partial charge in [-0.15, -0.1) is 0 Å². The van der Waals surface area contributed by atoms with Crippen LogP contribution in [0.4, 0.5) is 0 Å². The Balaban J connectivity index is 2.65.